The predicted octanol–water partition coefficient (Wildman–Crippen LogP) is 3.93. The number of alkyl halides is 3. The Morgan fingerprint density at radius 2 is 1.76 bits per heavy atom. The van der Waals surface area contributed by atoms with Gasteiger partial charge in [-0.25, -0.2) is 19.0 Å². The second-order valence-corrected chi connectivity index (χ2v) is 9.77. The van der Waals surface area contributed by atoms with E-state index in [-0.39, 0.29) is 41.4 Å². The number of benzene rings is 2. The fourth-order valence-electron chi connectivity index (χ4n) is 4.28. The second-order valence-electron chi connectivity index (χ2n) is 9.36. The number of nitrogens with one attached hydrogen (secondary N) is 1. The number of carbonyl (C=O) groups excluding carboxylic acids is 4. The molecule has 0 radical (unpaired) electrons. The zero-order chi connectivity index (χ0) is 30.2. The van der Waals surface area contributed by atoms with Gasteiger partial charge in [0.2, 0.25) is 11.8 Å². The quantitative estimate of drug-likeness (QED) is 0.523. The molecule has 2 aliphatic rings. The summed E-state index contributed by atoms with van der Waals surface area (Å²) in [6, 6.07) is 7.16. The molecule has 0 saturated carbocycles. The topological polar surface area (TPSA) is 99.3 Å². The SMILES string of the molecule is CC1=C(Cc2ccc(F)c(C(=O)N3CCN(c4ccc(F)c(Cl)c4)C(=O)C3)c2)N(OC(=O)C(F)(F)F)NC(=O)C1C. The van der Waals surface area contributed by atoms with E-state index in [1.165, 1.54) is 43.0 Å². The summed E-state index contributed by atoms with van der Waals surface area (Å²) in [5.41, 5.74) is 2.49. The Morgan fingerprint density at radius 1 is 1.07 bits per heavy atom. The highest BCUT2D eigenvalue weighted by Crippen LogP contribution is 2.29. The highest BCUT2D eigenvalue weighted by atomic mass is 35.5. The smallest absolute Gasteiger partial charge is 0.327 e. The molecule has 1 saturated heterocycles. The molecule has 1 fully saturated rings. The van der Waals surface area contributed by atoms with Crippen molar-refractivity contribution in [1.29, 1.82) is 0 Å². The minimum absolute atomic E-state index is 0.0121. The number of allylic oxidation sites excluding steroid dienone is 1. The average Bonchev–Trinajstić information content (AvgIpc) is 2.91. The van der Waals surface area contributed by atoms with Crippen LogP contribution < -0.4 is 10.3 Å². The number of hydrogen-bond donors (Lipinski definition) is 1. The van der Waals surface area contributed by atoms with Crippen LogP contribution >= 0.6 is 11.6 Å². The number of halogens is 6. The monoisotopic (exact) mass is 600 g/mol. The molecule has 41 heavy (non-hydrogen) atoms. The zero-order valence-corrected chi connectivity index (χ0v) is 22.3. The van der Waals surface area contributed by atoms with Crippen molar-refractivity contribution in [3.8, 4) is 0 Å². The fourth-order valence-corrected chi connectivity index (χ4v) is 4.45. The Kier molecular flexibility index (Phi) is 8.24. The number of piperazine rings is 1. The highest BCUT2D eigenvalue weighted by Gasteiger charge is 2.44. The van der Waals surface area contributed by atoms with Gasteiger partial charge in [0, 0.05) is 25.2 Å². The normalized spacial score (nSPS) is 18.0. The van der Waals surface area contributed by atoms with Crippen molar-refractivity contribution in [2.75, 3.05) is 24.5 Å². The minimum atomic E-state index is -5.34. The molecule has 4 rings (SSSR count). The molecule has 218 valence electrons. The molecule has 0 aliphatic carbocycles. The first-order valence-electron chi connectivity index (χ1n) is 12.1. The lowest BCUT2D eigenvalue weighted by Gasteiger charge is -2.35. The molecule has 2 aromatic carbocycles. The van der Waals surface area contributed by atoms with E-state index in [0.29, 0.717) is 10.9 Å². The number of nitrogens with zero attached hydrogens (tertiary/aromatic N) is 3. The van der Waals surface area contributed by atoms with Crippen molar-refractivity contribution in [2.45, 2.75) is 26.4 Å². The first-order chi connectivity index (χ1) is 19.2. The third kappa shape index (κ3) is 6.26. The Balaban J connectivity index is 1.54. The van der Waals surface area contributed by atoms with Gasteiger partial charge in [-0.1, -0.05) is 17.7 Å². The van der Waals surface area contributed by atoms with E-state index in [4.69, 9.17) is 11.6 Å². The van der Waals surface area contributed by atoms with Crippen molar-refractivity contribution < 1.29 is 46.0 Å². The van der Waals surface area contributed by atoms with E-state index in [0.717, 1.165) is 17.0 Å². The minimum Gasteiger partial charge on any atom is -0.327 e. The molecule has 2 aromatic rings. The van der Waals surface area contributed by atoms with Gasteiger partial charge in [0.05, 0.1) is 22.2 Å². The first-order valence-corrected chi connectivity index (χ1v) is 12.5. The third-order valence-electron chi connectivity index (χ3n) is 6.72. The van der Waals surface area contributed by atoms with Crippen LogP contribution in [0.15, 0.2) is 47.7 Å². The largest absolute Gasteiger partial charge is 0.493 e. The molecule has 3 amide bonds. The van der Waals surface area contributed by atoms with Gasteiger partial charge in [0.15, 0.2) is 0 Å². The van der Waals surface area contributed by atoms with Crippen LogP contribution in [0.3, 0.4) is 0 Å². The molecule has 15 heteroatoms. The van der Waals surface area contributed by atoms with Crippen LogP contribution in [0.1, 0.15) is 29.8 Å². The Labute approximate surface area is 235 Å². The lowest BCUT2D eigenvalue weighted by Crippen LogP contribution is -2.52. The van der Waals surface area contributed by atoms with Gasteiger partial charge < -0.3 is 14.6 Å². The van der Waals surface area contributed by atoms with Gasteiger partial charge in [-0.2, -0.15) is 13.2 Å². The molecule has 0 bridgehead atoms. The maximum absolute atomic E-state index is 14.8. The van der Waals surface area contributed by atoms with Gasteiger partial charge in [-0.15, -0.1) is 5.17 Å². The van der Waals surface area contributed by atoms with Gasteiger partial charge >= 0.3 is 12.1 Å². The maximum Gasteiger partial charge on any atom is 0.493 e. The van der Waals surface area contributed by atoms with E-state index < -0.39 is 59.5 Å². The molecule has 0 aromatic heterocycles. The van der Waals surface area contributed by atoms with Crippen molar-refractivity contribution in [2.24, 2.45) is 5.92 Å². The number of amides is 3. The number of anilines is 1. The van der Waals surface area contributed by atoms with Crippen LogP contribution in [0.25, 0.3) is 0 Å². The van der Waals surface area contributed by atoms with Crippen molar-refractivity contribution in [1.82, 2.24) is 15.5 Å². The average molecular weight is 601 g/mol. The van der Waals surface area contributed by atoms with Crippen molar-refractivity contribution in [3.63, 3.8) is 0 Å². The Hall–Kier alpha value is -4.20. The highest BCUT2D eigenvalue weighted by molar-refractivity contribution is 6.31. The second kappa shape index (κ2) is 11.4. The van der Waals surface area contributed by atoms with E-state index in [9.17, 15) is 41.1 Å². The fraction of sp³-hybridized carbons (Fsp3) is 0.308. The lowest BCUT2D eigenvalue weighted by atomic mass is 9.94. The molecular weight excluding hydrogens is 579 g/mol. The lowest BCUT2D eigenvalue weighted by molar-refractivity contribution is -0.242. The summed E-state index contributed by atoms with van der Waals surface area (Å²) < 4.78 is 66.7. The zero-order valence-electron chi connectivity index (χ0n) is 21.5. The number of carbonyl (C=O) groups is 4. The van der Waals surface area contributed by atoms with Crippen LogP contribution in [0.5, 0.6) is 0 Å². The van der Waals surface area contributed by atoms with Crippen LogP contribution in [0.2, 0.25) is 5.02 Å². The molecule has 2 aliphatic heterocycles. The molecule has 1 N–H and O–H groups in total. The number of hydrazine groups is 1. The summed E-state index contributed by atoms with van der Waals surface area (Å²) in [5.74, 6) is -6.97. The summed E-state index contributed by atoms with van der Waals surface area (Å²) >= 11 is 5.80. The number of hydroxylamine groups is 1. The molecule has 2 heterocycles. The van der Waals surface area contributed by atoms with Gasteiger partial charge in [-0.3, -0.25) is 14.4 Å². The van der Waals surface area contributed by atoms with Gasteiger partial charge in [0.25, 0.3) is 5.91 Å². The van der Waals surface area contributed by atoms with Crippen LogP contribution in [-0.2, 0) is 25.6 Å². The molecular formula is C26H22ClF5N4O5. The number of hydrogen-bond acceptors (Lipinski definition) is 6. The van der Waals surface area contributed by atoms with Crippen LogP contribution in [-0.4, -0.2) is 59.6 Å². The van der Waals surface area contributed by atoms with Crippen LogP contribution in [0, 0.1) is 17.6 Å². The van der Waals surface area contributed by atoms with Crippen molar-refractivity contribution in [3.05, 3.63) is 75.5 Å². The summed E-state index contributed by atoms with van der Waals surface area (Å²) in [7, 11) is 0. The van der Waals surface area contributed by atoms with E-state index >= 15 is 0 Å². The molecule has 1 atom stereocenters. The maximum atomic E-state index is 14.8. The molecule has 9 nitrogen and oxygen atoms in total. The summed E-state index contributed by atoms with van der Waals surface area (Å²) in [6.45, 7) is 2.58. The molecule has 0 spiro atoms. The van der Waals surface area contributed by atoms with Crippen LogP contribution in [0.4, 0.5) is 27.6 Å². The van der Waals surface area contributed by atoms with Crippen molar-refractivity contribution >= 4 is 41.0 Å². The van der Waals surface area contributed by atoms with Gasteiger partial charge in [-0.05, 0) is 55.3 Å². The number of rotatable bonds is 5. The third-order valence-corrected chi connectivity index (χ3v) is 7.01. The predicted molar refractivity (Wildman–Crippen MR) is 134 cm³/mol. The summed E-state index contributed by atoms with van der Waals surface area (Å²) in [6.07, 6.45) is -5.59. The summed E-state index contributed by atoms with van der Waals surface area (Å²) in [4.78, 5) is 56.4. The van der Waals surface area contributed by atoms with E-state index in [1.807, 2.05) is 0 Å². The van der Waals surface area contributed by atoms with E-state index in [1.54, 1.807) is 0 Å². The first kappa shape index (κ1) is 29.8. The Morgan fingerprint density at radius 3 is 2.39 bits per heavy atom. The van der Waals surface area contributed by atoms with E-state index in [2.05, 4.69) is 10.3 Å². The summed E-state index contributed by atoms with van der Waals surface area (Å²) in [5, 5.41) is 0.134. The van der Waals surface area contributed by atoms with Gasteiger partial charge in [0.1, 0.15) is 18.2 Å². The molecule has 1 unspecified atom stereocenters. The Bertz CT molecular complexity index is 1460. The standard InChI is InChI=1S/C26H22ClF5N4O5/c1-13-14(2)23(38)33-36(41-25(40)26(30,31)32)21(13)10-15-3-5-19(28)17(9-15)24(39)34-7-8-35(22(37)12-34)16-4-6-20(29)18(27)11-16/h3-6,9,11,14H,7-8,10,12H2,1-2H3,(H,33,38).